The Morgan fingerprint density at radius 1 is 1.00 bits per heavy atom. The number of Topliss-reactive ketones (excluding diaryl/α,β-unsaturated/α-hetero) is 1. The van der Waals surface area contributed by atoms with E-state index < -0.39 is 0 Å². The van der Waals surface area contributed by atoms with E-state index in [1.165, 1.54) is 18.7 Å². The fourth-order valence-electron chi connectivity index (χ4n) is 2.97. The van der Waals surface area contributed by atoms with Crippen LogP contribution < -0.4 is 5.32 Å². The molecule has 0 atom stereocenters. The van der Waals surface area contributed by atoms with Crippen molar-refractivity contribution in [2.45, 2.75) is 32.0 Å². The molecule has 1 heterocycles. The molecule has 7 heteroatoms. The molecule has 3 aromatic rings. The number of carbonyl (C=O) groups is 2. The first-order valence-electron chi connectivity index (χ1n) is 9.56. The molecular formula is C22H24N4O2S. The minimum Gasteiger partial charge on any atom is -0.356 e. The molecule has 6 nitrogen and oxygen atoms in total. The number of hydrogen-bond acceptors (Lipinski definition) is 5. The summed E-state index contributed by atoms with van der Waals surface area (Å²) in [7, 11) is 0. The summed E-state index contributed by atoms with van der Waals surface area (Å²) in [5, 5.41) is 11.9. The number of nitrogens with one attached hydrogen (secondary N) is 1. The van der Waals surface area contributed by atoms with Crippen LogP contribution in [0.1, 0.15) is 30.0 Å². The summed E-state index contributed by atoms with van der Waals surface area (Å²) in [4.78, 5) is 23.6. The van der Waals surface area contributed by atoms with Gasteiger partial charge >= 0.3 is 0 Å². The summed E-state index contributed by atoms with van der Waals surface area (Å²) in [5.74, 6) is 1.10. The lowest BCUT2D eigenvalue weighted by molar-refractivity contribution is -0.118. The Kier molecular flexibility index (Phi) is 7.19. The average molecular weight is 409 g/mol. The van der Waals surface area contributed by atoms with Crippen LogP contribution in [0.25, 0.3) is 11.1 Å². The Bertz CT molecular complexity index is 968. The topological polar surface area (TPSA) is 76.9 Å². The van der Waals surface area contributed by atoms with Gasteiger partial charge in [-0.15, -0.1) is 10.2 Å². The van der Waals surface area contributed by atoms with Crippen molar-refractivity contribution in [1.82, 2.24) is 20.1 Å². The first-order chi connectivity index (χ1) is 14.1. The zero-order valence-electron chi connectivity index (χ0n) is 16.6. The molecule has 0 aliphatic carbocycles. The Morgan fingerprint density at radius 2 is 1.69 bits per heavy atom. The van der Waals surface area contributed by atoms with Gasteiger partial charge in [0.2, 0.25) is 5.91 Å². The van der Waals surface area contributed by atoms with Crippen LogP contribution >= 0.6 is 11.8 Å². The number of ketones is 1. The number of rotatable bonds is 9. The van der Waals surface area contributed by atoms with Crippen LogP contribution in [0.3, 0.4) is 0 Å². The van der Waals surface area contributed by atoms with Crippen molar-refractivity contribution in [1.29, 1.82) is 0 Å². The van der Waals surface area contributed by atoms with E-state index in [0.29, 0.717) is 30.8 Å². The third-order valence-electron chi connectivity index (χ3n) is 4.48. The molecule has 0 radical (unpaired) electrons. The SMILES string of the molecule is CCn1c(CCNC(C)=O)nnc1SCC(=O)c1ccc(-c2ccccc2)cc1. The summed E-state index contributed by atoms with van der Waals surface area (Å²) in [5.41, 5.74) is 2.90. The molecule has 0 aliphatic heterocycles. The number of hydrogen-bond donors (Lipinski definition) is 1. The Labute approximate surface area is 174 Å². The smallest absolute Gasteiger partial charge is 0.216 e. The van der Waals surface area contributed by atoms with E-state index >= 15 is 0 Å². The predicted octanol–water partition coefficient (Wildman–Crippen LogP) is 3.62. The molecule has 3 rings (SSSR count). The highest BCUT2D eigenvalue weighted by Crippen LogP contribution is 2.22. The summed E-state index contributed by atoms with van der Waals surface area (Å²) < 4.78 is 1.98. The van der Waals surface area contributed by atoms with Gasteiger partial charge in [0.1, 0.15) is 5.82 Å². The molecular weight excluding hydrogens is 384 g/mol. The van der Waals surface area contributed by atoms with Crippen LogP contribution in [-0.4, -0.2) is 38.8 Å². The molecule has 0 unspecified atom stereocenters. The maximum Gasteiger partial charge on any atom is 0.216 e. The fraction of sp³-hybridized carbons (Fsp3) is 0.273. The zero-order chi connectivity index (χ0) is 20.6. The number of amides is 1. The summed E-state index contributed by atoms with van der Waals surface area (Å²) >= 11 is 1.39. The minimum atomic E-state index is -0.0639. The van der Waals surface area contributed by atoms with Crippen molar-refractivity contribution in [2.75, 3.05) is 12.3 Å². The van der Waals surface area contributed by atoms with E-state index in [0.717, 1.165) is 22.1 Å². The third kappa shape index (κ3) is 5.54. The van der Waals surface area contributed by atoms with Gasteiger partial charge in [0.15, 0.2) is 10.9 Å². The summed E-state index contributed by atoms with van der Waals surface area (Å²) in [6.07, 6.45) is 0.607. The van der Waals surface area contributed by atoms with Crippen LogP contribution in [-0.2, 0) is 17.8 Å². The molecule has 1 N–H and O–H groups in total. The first-order valence-corrected chi connectivity index (χ1v) is 10.5. The number of carbonyl (C=O) groups excluding carboxylic acids is 2. The van der Waals surface area contributed by atoms with E-state index in [1.54, 1.807) is 0 Å². The van der Waals surface area contributed by atoms with Gasteiger partial charge in [0.25, 0.3) is 0 Å². The van der Waals surface area contributed by atoms with Gasteiger partial charge in [-0.05, 0) is 18.1 Å². The Balaban J connectivity index is 1.60. The van der Waals surface area contributed by atoms with E-state index in [9.17, 15) is 9.59 Å². The lowest BCUT2D eigenvalue weighted by atomic mass is 10.0. The molecule has 29 heavy (non-hydrogen) atoms. The van der Waals surface area contributed by atoms with E-state index in [2.05, 4.69) is 15.5 Å². The van der Waals surface area contributed by atoms with Gasteiger partial charge < -0.3 is 9.88 Å². The second-order valence-electron chi connectivity index (χ2n) is 6.53. The van der Waals surface area contributed by atoms with Crippen LogP contribution in [0.2, 0.25) is 0 Å². The van der Waals surface area contributed by atoms with Gasteiger partial charge in [-0.25, -0.2) is 0 Å². The third-order valence-corrected chi connectivity index (χ3v) is 5.45. The lowest BCUT2D eigenvalue weighted by Crippen LogP contribution is -2.23. The second-order valence-corrected chi connectivity index (χ2v) is 7.47. The largest absolute Gasteiger partial charge is 0.356 e. The second kappa shape index (κ2) is 10.0. The highest BCUT2D eigenvalue weighted by atomic mass is 32.2. The molecule has 150 valence electrons. The molecule has 1 aromatic heterocycles. The standard InChI is InChI=1S/C22H24N4O2S/c1-3-26-21(13-14-23-16(2)27)24-25-22(26)29-15-20(28)19-11-9-18(10-12-19)17-7-5-4-6-8-17/h4-12H,3,13-15H2,1-2H3,(H,23,27). The summed E-state index contributed by atoms with van der Waals surface area (Å²) in [6.45, 7) is 4.73. The maximum absolute atomic E-state index is 12.6. The molecule has 2 aromatic carbocycles. The zero-order valence-corrected chi connectivity index (χ0v) is 17.4. The van der Waals surface area contributed by atoms with Crippen molar-refractivity contribution in [3.63, 3.8) is 0 Å². The van der Waals surface area contributed by atoms with E-state index in [-0.39, 0.29) is 11.7 Å². The Hall–Kier alpha value is -2.93. The minimum absolute atomic E-state index is 0.0556. The van der Waals surface area contributed by atoms with Crippen LogP contribution in [0, 0.1) is 0 Å². The molecule has 1 amide bonds. The first kappa shape index (κ1) is 20.8. The average Bonchev–Trinajstić information content (AvgIpc) is 3.14. The number of benzene rings is 2. The van der Waals surface area contributed by atoms with E-state index in [1.807, 2.05) is 66.1 Å². The predicted molar refractivity (Wildman–Crippen MR) is 115 cm³/mol. The van der Waals surface area contributed by atoms with Crippen molar-refractivity contribution in [2.24, 2.45) is 0 Å². The molecule has 0 saturated carbocycles. The van der Waals surface area contributed by atoms with Crippen LogP contribution in [0.5, 0.6) is 0 Å². The normalized spacial score (nSPS) is 10.7. The number of thioether (sulfide) groups is 1. The van der Waals surface area contributed by atoms with Crippen molar-refractivity contribution in [3.05, 3.63) is 66.0 Å². The van der Waals surface area contributed by atoms with Crippen molar-refractivity contribution in [3.8, 4) is 11.1 Å². The fourth-order valence-corrected chi connectivity index (χ4v) is 3.89. The highest BCUT2D eigenvalue weighted by molar-refractivity contribution is 7.99. The molecule has 0 bridgehead atoms. The molecule has 0 fully saturated rings. The van der Waals surface area contributed by atoms with Gasteiger partial charge in [0, 0.05) is 32.0 Å². The number of nitrogens with zero attached hydrogens (tertiary/aromatic N) is 3. The van der Waals surface area contributed by atoms with Gasteiger partial charge in [-0.2, -0.15) is 0 Å². The van der Waals surface area contributed by atoms with Gasteiger partial charge in [-0.1, -0.05) is 66.4 Å². The quantitative estimate of drug-likeness (QED) is 0.432. The van der Waals surface area contributed by atoms with Crippen LogP contribution in [0.4, 0.5) is 0 Å². The van der Waals surface area contributed by atoms with E-state index in [4.69, 9.17) is 0 Å². The molecule has 0 aliphatic rings. The maximum atomic E-state index is 12.6. The highest BCUT2D eigenvalue weighted by Gasteiger charge is 2.14. The monoisotopic (exact) mass is 408 g/mol. The number of aromatic nitrogens is 3. The lowest BCUT2D eigenvalue weighted by Gasteiger charge is -2.08. The van der Waals surface area contributed by atoms with Crippen molar-refractivity contribution < 1.29 is 9.59 Å². The Morgan fingerprint density at radius 3 is 2.34 bits per heavy atom. The molecule has 0 saturated heterocycles. The van der Waals surface area contributed by atoms with Gasteiger partial charge in [-0.3, -0.25) is 9.59 Å². The summed E-state index contributed by atoms with van der Waals surface area (Å²) in [6, 6.07) is 17.8. The molecule has 0 spiro atoms. The van der Waals surface area contributed by atoms with Crippen LogP contribution in [0.15, 0.2) is 59.8 Å². The van der Waals surface area contributed by atoms with Crippen molar-refractivity contribution >= 4 is 23.5 Å². The van der Waals surface area contributed by atoms with Gasteiger partial charge in [0.05, 0.1) is 5.75 Å².